The molecule has 0 spiro atoms. The van der Waals surface area contributed by atoms with Crippen molar-refractivity contribution in [3.05, 3.63) is 0 Å². The molecule has 0 saturated heterocycles. The number of aliphatic hydroxyl groups is 1. The monoisotopic (exact) mass is 288 g/mol. The maximum Gasteiger partial charge on any atom is 0.332 e. The van der Waals surface area contributed by atoms with Crippen LogP contribution in [0.2, 0.25) is 0 Å². The molecule has 1 fully saturated rings. The molecule has 7 heteroatoms. The Balaban J connectivity index is 2.39. The van der Waals surface area contributed by atoms with Gasteiger partial charge in [0.15, 0.2) is 6.10 Å². The van der Waals surface area contributed by atoms with E-state index in [0.717, 1.165) is 12.8 Å². The first-order valence-electron chi connectivity index (χ1n) is 6.91. The van der Waals surface area contributed by atoms with Gasteiger partial charge in [0.05, 0.1) is 6.61 Å². The number of aliphatic hydroxyl groups excluding tert-OH is 1. The number of amides is 2. The third kappa shape index (κ3) is 5.34. The number of nitrogens with zero attached hydrogens (tertiary/aromatic N) is 1. The quantitative estimate of drug-likeness (QED) is 0.566. The number of hydrogen-bond acceptors (Lipinski definition) is 4. The summed E-state index contributed by atoms with van der Waals surface area (Å²) in [5, 5.41) is 20.3. The minimum atomic E-state index is -1.44. The predicted octanol–water partition coefficient (Wildman–Crippen LogP) is 0.279. The van der Waals surface area contributed by atoms with Crippen molar-refractivity contribution in [2.45, 2.75) is 38.3 Å². The van der Waals surface area contributed by atoms with Gasteiger partial charge in [-0.25, -0.2) is 9.59 Å². The van der Waals surface area contributed by atoms with Crippen molar-refractivity contribution < 1.29 is 24.5 Å². The highest BCUT2D eigenvalue weighted by atomic mass is 16.5. The Hall–Kier alpha value is -1.34. The SMILES string of the molecule is COCCN(C(=O)NCCC(O)C(=O)O)C(C)C1CC1. The van der Waals surface area contributed by atoms with Crippen LogP contribution in [0.5, 0.6) is 0 Å². The lowest BCUT2D eigenvalue weighted by Gasteiger charge is -2.29. The number of carbonyl (C=O) groups is 2. The highest BCUT2D eigenvalue weighted by Gasteiger charge is 2.34. The van der Waals surface area contributed by atoms with E-state index in [1.807, 2.05) is 6.92 Å². The molecule has 1 rings (SSSR count). The van der Waals surface area contributed by atoms with Crippen LogP contribution < -0.4 is 5.32 Å². The molecule has 116 valence electrons. The van der Waals surface area contributed by atoms with Crippen molar-refractivity contribution in [1.82, 2.24) is 10.2 Å². The highest BCUT2D eigenvalue weighted by molar-refractivity contribution is 5.75. The summed E-state index contributed by atoms with van der Waals surface area (Å²) in [7, 11) is 1.58. The first kappa shape index (κ1) is 16.7. The van der Waals surface area contributed by atoms with Crippen molar-refractivity contribution in [2.75, 3.05) is 26.8 Å². The Bertz CT molecular complexity index is 333. The maximum atomic E-state index is 12.1. The van der Waals surface area contributed by atoms with E-state index in [9.17, 15) is 9.59 Å². The molecule has 0 aromatic heterocycles. The Labute approximate surface area is 118 Å². The van der Waals surface area contributed by atoms with Gasteiger partial charge in [0.1, 0.15) is 0 Å². The summed E-state index contributed by atoms with van der Waals surface area (Å²) in [6.45, 7) is 3.11. The van der Waals surface area contributed by atoms with Gasteiger partial charge in [-0.2, -0.15) is 0 Å². The lowest BCUT2D eigenvalue weighted by Crippen LogP contribution is -2.48. The number of methoxy groups -OCH3 is 1. The summed E-state index contributed by atoms with van der Waals surface area (Å²) in [6, 6.07) is -0.0893. The molecule has 7 nitrogen and oxygen atoms in total. The van der Waals surface area contributed by atoms with E-state index in [1.165, 1.54) is 0 Å². The van der Waals surface area contributed by atoms with E-state index in [-0.39, 0.29) is 25.0 Å². The van der Waals surface area contributed by atoms with Gasteiger partial charge >= 0.3 is 12.0 Å². The van der Waals surface area contributed by atoms with Crippen LogP contribution in [0.25, 0.3) is 0 Å². The Morgan fingerprint density at radius 1 is 1.45 bits per heavy atom. The highest BCUT2D eigenvalue weighted by Crippen LogP contribution is 2.35. The van der Waals surface area contributed by atoms with Gasteiger partial charge in [-0.15, -0.1) is 0 Å². The molecule has 0 aromatic rings. The number of urea groups is 1. The zero-order chi connectivity index (χ0) is 15.1. The Morgan fingerprint density at radius 3 is 2.60 bits per heavy atom. The fraction of sp³-hybridized carbons (Fsp3) is 0.846. The zero-order valence-corrected chi connectivity index (χ0v) is 12.0. The number of hydrogen-bond donors (Lipinski definition) is 3. The number of carboxylic acid groups (broad SMARTS) is 1. The molecule has 1 saturated carbocycles. The van der Waals surface area contributed by atoms with Gasteiger partial charge in [0.25, 0.3) is 0 Å². The van der Waals surface area contributed by atoms with Gasteiger partial charge in [-0.3, -0.25) is 0 Å². The zero-order valence-electron chi connectivity index (χ0n) is 12.0. The molecule has 2 unspecified atom stereocenters. The van der Waals surface area contributed by atoms with Crippen molar-refractivity contribution >= 4 is 12.0 Å². The summed E-state index contributed by atoms with van der Waals surface area (Å²) >= 11 is 0. The average Bonchev–Trinajstić information content (AvgIpc) is 3.22. The molecule has 3 N–H and O–H groups in total. The number of carboxylic acids is 1. The van der Waals surface area contributed by atoms with E-state index in [1.54, 1.807) is 12.0 Å². The largest absolute Gasteiger partial charge is 0.479 e. The first-order valence-corrected chi connectivity index (χ1v) is 6.91. The molecule has 2 amide bonds. The van der Waals surface area contributed by atoms with Crippen molar-refractivity contribution in [3.8, 4) is 0 Å². The molecule has 0 radical (unpaired) electrons. The van der Waals surface area contributed by atoms with Crippen molar-refractivity contribution in [2.24, 2.45) is 5.92 Å². The van der Waals surface area contributed by atoms with Gasteiger partial charge in [-0.05, 0) is 25.7 Å². The molecule has 1 aliphatic carbocycles. The van der Waals surface area contributed by atoms with Gasteiger partial charge < -0.3 is 25.2 Å². The van der Waals surface area contributed by atoms with Gasteiger partial charge in [0.2, 0.25) is 0 Å². The molecule has 0 aromatic carbocycles. The van der Waals surface area contributed by atoms with Crippen LogP contribution in [0.4, 0.5) is 4.79 Å². The van der Waals surface area contributed by atoms with E-state index < -0.39 is 12.1 Å². The minimum absolute atomic E-state index is 0.00298. The van der Waals surface area contributed by atoms with Crippen LogP contribution >= 0.6 is 0 Å². The van der Waals surface area contributed by atoms with E-state index >= 15 is 0 Å². The standard InChI is InChI=1S/C13H24N2O5/c1-9(10-3-4-10)15(7-8-20-2)13(19)14-6-5-11(16)12(17)18/h9-11,16H,3-8H2,1-2H3,(H,14,19)(H,17,18). The van der Waals surface area contributed by atoms with E-state index in [2.05, 4.69) is 5.32 Å². The number of ether oxygens (including phenoxy) is 1. The summed E-state index contributed by atoms with van der Waals surface area (Å²) in [6.07, 6.45) is 0.825. The van der Waals surface area contributed by atoms with Crippen LogP contribution in [-0.4, -0.2) is 66.1 Å². The Kier molecular flexibility index (Phi) is 6.74. The first-order chi connectivity index (χ1) is 9.47. The molecular formula is C13H24N2O5. The smallest absolute Gasteiger partial charge is 0.332 e. The third-order valence-corrected chi connectivity index (χ3v) is 3.57. The molecule has 2 atom stereocenters. The Morgan fingerprint density at radius 2 is 2.10 bits per heavy atom. The topological polar surface area (TPSA) is 99.1 Å². The fourth-order valence-electron chi connectivity index (χ4n) is 2.05. The van der Waals surface area contributed by atoms with E-state index in [4.69, 9.17) is 14.9 Å². The fourth-order valence-corrected chi connectivity index (χ4v) is 2.05. The van der Waals surface area contributed by atoms with Crippen LogP contribution in [-0.2, 0) is 9.53 Å². The molecule has 0 aliphatic heterocycles. The summed E-state index contributed by atoms with van der Waals surface area (Å²) < 4.78 is 5.01. The number of rotatable bonds is 9. The molecule has 0 heterocycles. The van der Waals surface area contributed by atoms with Crippen LogP contribution in [0.1, 0.15) is 26.2 Å². The van der Waals surface area contributed by atoms with Crippen molar-refractivity contribution in [3.63, 3.8) is 0 Å². The number of aliphatic carboxylic acids is 1. The second-order valence-corrected chi connectivity index (χ2v) is 5.14. The molecular weight excluding hydrogens is 264 g/mol. The van der Waals surface area contributed by atoms with Crippen LogP contribution in [0, 0.1) is 5.92 Å². The van der Waals surface area contributed by atoms with Crippen LogP contribution in [0.15, 0.2) is 0 Å². The summed E-state index contributed by atoms with van der Waals surface area (Å²) in [5.41, 5.74) is 0. The minimum Gasteiger partial charge on any atom is -0.479 e. The average molecular weight is 288 g/mol. The second-order valence-electron chi connectivity index (χ2n) is 5.14. The summed E-state index contributed by atoms with van der Waals surface area (Å²) in [4.78, 5) is 24.3. The van der Waals surface area contributed by atoms with E-state index in [0.29, 0.717) is 19.1 Å². The molecule has 1 aliphatic rings. The second kappa shape index (κ2) is 8.06. The predicted molar refractivity (Wildman–Crippen MR) is 72.4 cm³/mol. The molecule has 20 heavy (non-hydrogen) atoms. The number of carbonyl (C=O) groups excluding carboxylic acids is 1. The number of nitrogens with one attached hydrogen (secondary N) is 1. The summed E-state index contributed by atoms with van der Waals surface area (Å²) in [5.74, 6) is -0.732. The van der Waals surface area contributed by atoms with Gasteiger partial charge in [-0.1, -0.05) is 0 Å². The maximum absolute atomic E-state index is 12.1. The van der Waals surface area contributed by atoms with Gasteiger partial charge in [0, 0.05) is 32.7 Å². The lowest BCUT2D eigenvalue weighted by atomic mass is 10.2. The normalized spacial score (nSPS) is 17.4. The third-order valence-electron chi connectivity index (χ3n) is 3.57. The van der Waals surface area contributed by atoms with Crippen LogP contribution in [0.3, 0.4) is 0 Å². The lowest BCUT2D eigenvalue weighted by molar-refractivity contribution is -0.146. The van der Waals surface area contributed by atoms with Crippen molar-refractivity contribution in [1.29, 1.82) is 0 Å². The molecule has 0 bridgehead atoms.